The van der Waals surface area contributed by atoms with Gasteiger partial charge in [-0.25, -0.2) is 12.8 Å². The van der Waals surface area contributed by atoms with E-state index in [1.54, 1.807) is 0 Å². The SMILES string of the molecule is COC(=O)C(C)S(=O)(=O)Nc1cc(N)ccc1F. The average molecular weight is 276 g/mol. The molecule has 8 heteroatoms. The predicted octanol–water partition coefficient (Wildman–Crippen LogP) is 0.711. The number of halogens is 1. The van der Waals surface area contributed by atoms with E-state index in [1.165, 1.54) is 6.07 Å². The predicted molar refractivity (Wildman–Crippen MR) is 64.8 cm³/mol. The van der Waals surface area contributed by atoms with E-state index in [4.69, 9.17) is 5.73 Å². The third-order valence-electron chi connectivity index (χ3n) is 2.24. The number of carbonyl (C=O) groups excluding carboxylic acids is 1. The Morgan fingerprint density at radius 1 is 1.50 bits per heavy atom. The van der Waals surface area contributed by atoms with Crippen LogP contribution in [0.3, 0.4) is 0 Å². The van der Waals surface area contributed by atoms with Crippen LogP contribution in [0.15, 0.2) is 18.2 Å². The Balaban J connectivity index is 3.02. The Labute approximate surface area is 104 Å². The van der Waals surface area contributed by atoms with Crippen LogP contribution in [0.2, 0.25) is 0 Å². The van der Waals surface area contributed by atoms with Crippen LogP contribution in [0.5, 0.6) is 0 Å². The van der Waals surface area contributed by atoms with Gasteiger partial charge in [0.1, 0.15) is 5.82 Å². The van der Waals surface area contributed by atoms with Gasteiger partial charge in [0.25, 0.3) is 0 Å². The summed E-state index contributed by atoms with van der Waals surface area (Å²) in [5, 5.41) is -1.46. The molecule has 0 aromatic heterocycles. The van der Waals surface area contributed by atoms with Crippen molar-refractivity contribution < 1.29 is 22.3 Å². The number of carbonyl (C=O) groups is 1. The zero-order chi connectivity index (χ0) is 13.9. The van der Waals surface area contributed by atoms with Crippen molar-refractivity contribution in [3.63, 3.8) is 0 Å². The summed E-state index contributed by atoms with van der Waals surface area (Å²) in [5.74, 6) is -1.73. The first-order valence-electron chi connectivity index (χ1n) is 4.92. The molecule has 1 aromatic rings. The molecule has 100 valence electrons. The molecule has 0 heterocycles. The molecule has 0 bridgehead atoms. The molecule has 0 aliphatic heterocycles. The van der Waals surface area contributed by atoms with Crippen molar-refractivity contribution in [2.24, 2.45) is 0 Å². The van der Waals surface area contributed by atoms with Crippen LogP contribution in [-0.4, -0.2) is 26.7 Å². The number of benzene rings is 1. The Morgan fingerprint density at radius 3 is 2.67 bits per heavy atom. The maximum Gasteiger partial charge on any atom is 0.325 e. The van der Waals surface area contributed by atoms with E-state index < -0.39 is 27.1 Å². The molecule has 1 rings (SSSR count). The first-order valence-corrected chi connectivity index (χ1v) is 6.47. The Kier molecular flexibility index (Phi) is 4.12. The van der Waals surface area contributed by atoms with Crippen molar-refractivity contribution in [2.45, 2.75) is 12.2 Å². The molecule has 0 spiro atoms. The van der Waals surface area contributed by atoms with Crippen molar-refractivity contribution in [1.82, 2.24) is 0 Å². The van der Waals surface area contributed by atoms with Gasteiger partial charge in [0, 0.05) is 5.69 Å². The second-order valence-corrected chi connectivity index (χ2v) is 5.55. The fourth-order valence-corrected chi connectivity index (χ4v) is 2.14. The van der Waals surface area contributed by atoms with Gasteiger partial charge < -0.3 is 10.5 Å². The second-order valence-electron chi connectivity index (χ2n) is 3.55. The maximum absolute atomic E-state index is 13.3. The van der Waals surface area contributed by atoms with Crippen molar-refractivity contribution in [1.29, 1.82) is 0 Å². The minimum Gasteiger partial charge on any atom is -0.468 e. The number of ether oxygens (including phenoxy) is 1. The molecular weight excluding hydrogens is 263 g/mol. The Bertz CT molecular complexity index is 559. The Hall–Kier alpha value is -1.83. The average Bonchev–Trinajstić information content (AvgIpc) is 2.31. The molecule has 0 aliphatic carbocycles. The number of esters is 1. The van der Waals surface area contributed by atoms with Crippen LogP contribution in [0, 0.1) is 5.82 Å². The van der Waals surface area contributed by atoms with Gasteiger partial charge in [-0.3, -0.25) is 9.52 Å². The summed E-state index contributed by atoms with van der Waals surface area (Å²) in [6.07, 6.45) is 0. The number of anilines is 2. The van der Waals surface area contributed by atoms with Crippen molar-refractivity contribution >= 4 is 27.4 Å². The highest BCUT2D eigenvalue weighted by Gasteiger charge is 2.29. The van der Waals surface area contributed by atoms with Crippen molar-refractivity contribution in [3.05, 3.63) is 24.0 Å². The molecule has 6 nitrogen and oxygen atoms in total. The lowest BCUT2D eigenvalue weighted by Gasteiger charge is -2.13. The minimum absolute atomic E-state index is 0.194. The number of methoxy groups -OCH3 is 1. The second kappa shape index (κ2) is 5.21. The molecule has 1 aromatic carbocycles. The molecule has 0 fully saturated rings. The maximum atomic E-state index is 13.3. The molecule has 0 amide bonds. The molecule has 18 heavy (non-hydrogen) atoms. The number of rotatable bonds is 4. The summed E-state index contributed by atoms with van der Waals surface area (Å²) in [6, 6.07) is 3.43. The lowest BCUT2D eigenvalue weighted by atomic mass is 10.3. The monoisotopic (exact) mass is 276 g/mol. The van der Waals surface area contributed by atoms with Crippen LogP contribution in [0.25, 0.3) is 0 Å². The van der Waals surface area contributed by atoms with E-state index in [0.717, 1.165) is 26.2 Å². The van der Waals surface area contributed by atoms with Gasteiger partial charge in [0.2, 0.25) is 10.0 Å². The number of nitrogens with one attached hydrogen (secondary N) is 1. The number of nitrogens with two attached hydrogens (primary N) is 1. The van der Waals surface area contributed by atoms with Crippen LogP contribution in [0.4, 0.5) is 15.8 Å². The highest BCUT2D eigenvalue weighted by atomic mass is 32.2. The van der Waals surface area contributed by atoms with E-state index >= 15 is 0 Å². The van der Waals surface area contributed by atoms with Gasteiger partial charge in [-0.2, -0.15) is 0 Å². The number of hydrogen-bond donors (Lipinski definition) is 2. The van der Waals surface area contributed by atoms with E-state index in [1.807, 2.05) is 4.72 Å². The smallest absolute Gasteiger partial charge is 0.325 e. The molecule has 1 unspecified atom stereocenters. The van der Waals surface area contributed by atoms with E-state index in [2.05, 4.69) is 4.74 Å². The number of sulfonamides is 1. The summed E-state index contributed by atoms with van der Waals surface area (Å²) in [4.78, 5) is 11.1. The third kappa shape index (κ3) is 3.10. The standard InChI is InChI=1S/C10H13FN2O4S/c1-6(10(14)17-2)18(15,16)13-9-5-7(12)3-4-8(9)11/h3-6,13H,12H2,1-2H3. The van der Waals surface area contributed by atoms with Gasteiger partial charge >= 0.3 is 5.97 Å². The first kappa shape index (κ1) is 14.2. The van der Waals surface area contributed by atoms with E-state index in [0.29, 0.717) is 0 Å². The third-order valence-corrected chi connectivity index (χ3v) is 3.87. The van der Waals surface area contributed by atoms with Gasteiger partial charge in [-0.05, 0) is 25.1 Å². The summed E-state index contributed by atoms with van der Waals surface area (Å²) in [6.45, 7) is 1.14. The zero-order valence-electron chi connectivity index (χ0n) is 9.81. The largest absolute Gasteiger partial charge is 0.468 e. The molecule has 0 radical (unpaired) electrons. The molecule has 0 saturated carbocycles. The Morgan fingerprint density at radius 2 is 2.11 bits per heavy atom. The van der Waals surface area contributed by atoms with Crippen LogP contribution in [0.1, 0.15) is 6.92 Å². The quantitative estimate of drug-likeness (QED) is 0.623. The lowest BCUT2D eigenvalue weighted by Crippen LogP contribution is -2.33. The summed E-state index contributed by atoms with van der Waals surface area (Å²) >= 11 is 0. The zero-order valence-corrected chi connectivity index (χ0v) is 10.6. The van der Waals surface area contributed by atoms with Crippen LogP contribution >= 0.6 is 0 Å². The highest BCUT2D eigenvalue weighted by molar-refractivity contribution is 7.94. The lowest BCUT2D eigenvalue weighted by molar-refractivity contribution is -0.139. The summed E-state index contributed by atoms with van der Waals surface area (Å²) in [5.41, 5.74) is 5.30. The minimum atomic E-state index is -4.08. The summed E-state index contributed by atoms with van der Waals surface area (Å²) in [7, 11) is -3.02. The van der Waals surface area contributed by atoms with Gasteiger partial charge in [0.05, 0.1) is 12.8 Å². The van der Waals surface area contributed by atoms with Crippen molar-refractivity contribution in [3.8, 4) is 0 Å². The molecular formula is C10H13FN2O4S. The van der Waals surface area contributed by atoms with Crippen LogP contribution in [-0.2, 0) is 19.6 Å². The molecule has 0 saturated heterocycles. The highest BCUT2D eigenvalue weighted by Crippen LogP contribution is 2.20. The van der Waals surface area contributed by atoms with Crippen molar-refractivity contribution in [2.75, 3.05) is 17.6 Å². The molecule has 3 N–H and O–H groups in total. The van der Waals surface area contributed by atoms with Crippen LogP contribution < -0.4 is 10.5 Å². The first-order chi connectivity index (χ1) is 8.27. The van der Waals surface area contributed by atoms with Gasteiger partial charge in [-0.15, -0.1) is 0 Å². The fourth-order valence-electron chi connectivity index (χ4n) is 1.16. The van der Waals surface area contributed by atoms with Gasteiger partial charge in [-0.1, -0.05) is 0 Å². The normalized spacial score (nSPS) is 12.8. The molecule has 0 aliphatic rings. The topological polar surface area (TPSA) is 98.5 Å². The van der Waals surface area contributed by atoms with E-state index in [-0.39, 0.29) is 11.4 Å². The number of nitrogen functional groups attached to an aromatic ring is 1. The van der Waals surface area contributed by atoms with Gasteiger partial charge in [0.15, 0.2) is 5.25 Å². The molecule has 1 atom stereocenters. The fraction of sp³-hybridized carbons (Fsp3) is 0.300. The van der Waals surface area contributed by atoms with E-state index in [9.17, 15) is 17.6 Å². The number of hydrogen-bond acceptors (Lipinski definition) is 5. The summed E-state index contributed by atoms with van der Waals surface area (Å²) < 4.78 is 43.1.